The lowest BCUT2D eigenvalue weighted by Crippen LogP contribution is -2.33. The molecule has 1 N–H and O–H groups in total. The van der Waals surface area contributed by atoms with Gasteiger partial charge in [-0.2, -0.15) is 18.3 Å². The maximum Gasteiger partial charge on any atom is 0.397 e. The highest BCUT2D eigenvalue weighted by Crippen LogP contribution is 2.21. The Bertz CT molecular complexity index is 541. The molecule has 0 aliphatic carbocycles. The number of hydrogen-bond donors (Lipinski definition) is 1. The fraction of sp³-hybridized carbons (Fsp3) is 0.733. The normalized spacial score (nSPS) is 19.3. The van der Waals surface area contributed by atoms with Crippen LogP contribution in [-0.2, 0) is 17.9 Å². The van der Waals surface area contributed by atoms with Gasteiger partial charge in [-0.15, -0.1) is 0 Å². The predicted octanol–water partition coefficient (Wildman–Crippen LogP) is 2.10. The molecule has 23 heavy (non-hydrogen) atoms. The molecule has 1 amide bonds. The van der Waals surface area contributed by atoms with Crippen molar-refractivity contribution in [3.8, 4) is 0 Å². The van der Waals surface area contributed by atoms with E-state index in [-0.39, 0.29) is 5.92 Å². The molecule has 2 rings (SSSR count). The highest BCUT2D eigenvalue weighted by Gasteiger charge is 2.31. The molecule has 130 valence electrons. The van der Waals surface area contributed by atoms with Crippen LogP contribution >= 0.6 is 0 Å². The number of amides is 1. The molecule has 8 heteroatoms. The summed E-state index contributed by atoms with van der Waals surface area (Å²) >= 11 is 0. The quantitative estimate of drug-likeness (QED) is 0.868. The van der Waals surface area contributed by atoms with Crippen molar-refractivity contribution < 1.29 is 18.0 Å². The number of aromatic nitrogens is 2. The van der Waals surface area contributed by atoms with E-state index in [4.69, 9.17) is 0 Å². The van der Waals surface area contributed by atoms with E-state index in [2.05, 4.69) is 15.3 Å². The van der Waals surface area contributed by atoms with Crippen LogP contribution in [0.15, 0.2) is 6.20 Å². The topological polar surface area (TPSA) is 50.2 Å². The minimum absolute atomic E-state index is 0.203. The molecule has 1 aromatic heterocycles. The summed E-state index contributed by atoms with van der Waals surface area (Å²) in [7, 11) is 0. The highest BCUT2D eigenvalue weighted by molar-refractivity contribution is 5.76. The SMILES string of the molecule is CCn1ncc(CN2CCC(CNC(=O)CC(F)(F)F)C2)c1C. The highest BCUT2D eigenvalue weighted by atomic mass is 19.4. The molecule has 0 aromatic carbocycles. The summed E-state index contributed by atoms with van der Waals surface area (Å²) < 4.78 is 38.3. The first-order chi connectivity index (χ1) is 10.8. The largest absolute Gasteiger partial charge is 0.397 e. The number of carbonyl (C=O) groups is 1. The van der Waals surface area contributed by atoms with Gasteiger partial charge in [0.05, 0.1) is 6.20 Å². The van der Waals surface area contributed by atoms with Gasteiger partial charge in [0.1, 0.15) is 6.42 Å². The third kappa shape index (κ3) is 5.23. The van der Waals surface area contributed by atoms with Crippen LogP contribution in [0.2, 0.25) is 0 Å². The number of halogens is 3. The summed E-state index contributed by atoms with van der Waals surface area (Å²) in [6.07, 6.45) is -3.09. The maximum atomic E-state index is 12.1. The number of alkyl halides is 3. The summed E-state index contributed by atoms with van der Waals surface area (Å²) in [6, 6.07) is 0. The lowest BCUT2D eigenvalue weighted by atomic mass is 10.1. The van der Waals surface area contributed by atoms with Crippen molar-refractivity contribution in [1.82, 2.24) is 20.0 Å². The van der Waals surface area contributed by atoms with E-state index in [1.807, 2.05) is 24.7 Å². The van der Waals surface area contributed by atoms with Crippen molar-refractivity contribution in [2.24, 2.45) is 5.92 Å². The first-order valence-electron chi connectivity index (χ1n) is 7.85. The minimum Gasteiger partial charge on any atom is -0.355 e. The summed E-state index contributed by atoms with van der Waals surface area (Å²) in [5.74, 6) is -0.746. The van der Waals surface area contributed by atoms with Crippen molar-refractivity contribution in [2.45, 2.75) is 46.0 Å². The number of hydrogen-bond acceptors (Lipinski definition) is 3. The molecular formula is C15H23F3N4O. The minimum atomic E-state index is -4.44. The average molecular weight is 332 g/mol. The molecule has 0 saturated carbocycles. The van der Waals surface area contributed by atoms with Crippen LogP contribution in [0, 0.1) is 12.8 Å². The van der Waals surface area contributed by atoms with E-state index in [1.54, 1.807) is 0 Å². The lowest BCUT2D eigenvalue weighted by molar-refractivity contribution is -0.153. The second kappa shape index (κ2) is 7.33. The van der Waals surface area contributed by atoms with Gasteiger partial charge in [-0.1, -0.05) is 0 Å². The Balaban J connectivity index is 1.75. The van der Waals surface area contributed by atoms with E-state index >= 15 is 0 Å². The number of aryl methyl sites for hydroxylation is 1. The molecular weight excluding hydrogens is 309 g/mol. The van der Waals surface area contributed by atoms with E-state index < -0.39 is 18.5 Å². The van der Waals surface area contributed by atoms with Crippen molar-refractivity contribution in [2.75, 3.05) is 19.6 Å². The Kier molecular flexibility index (Phi) is 5.67. The van der Waals surface area contributed by atoms with Gasteiger partial charge in [0.15, 0.2) is 0 Å². The van der Waals surface area contributed by atoms with Crippen LogP contribution in [0.3, 0.4) is 0 Å². The second-order valence-corrected chi connectivity index (χ2v) is 6.06. The molecule has 1 aliphatic heterocycles. The van der Waals surface area contributed by atoms with E-state index in [0.717, 1.165) is 38.3 Å². The molecule has 1 atom stereocenters. The summed E-state index contributed by atoms with van der Waals surface area (Å²) in [4.78, 5) is 13.5. The molecule has 1 unspecified atom stereocenters. The van der Waals surface area contributed by atoms with Crippen molar-refractivity contribution in [1.29, 1.82) is 0 Å². The van der Waals surface area contributed by atoms with Gasteiger partial charge in [0, 0.05) is 37.4 Å². The van der Waals surface area contributed by atoms with Crippen molar-refractivity contribution >= 4 is 5.91 Å². The molecule has 2 heterocycles. The van der Waals surface area contributed by atoms with Gasteiger partial charge in [-0.3, -0.25) is 14.4 Å². The molecule has 1 aliphatic rings. The summed E-state index contributed by atoms with van der Waals surface area (Å²) in [5, 5.41) is 6.70. The van der Waals surface area contributed by atoms with Crippen LogP contribution in [0.1, 0.15) is 31.0 Å². The summed E-state index contributed by atoms with van der Waals surface area (Å²) in [6.45, 7) is 7.67. The van der Waals surface area contributed by atoms with Gasteiger partial charge >= 0.3 is 6.18 Å². The molecule has 1 saturated heterocycles. The Morgan fingerprint density at radius 2 is 2.22 bits per heavy atom. The molecule has 1 aromatic rings. The van der Waals surface area contributed by atoms with Gasteiger partial charge in [0.2, 0.25) is 5.91 Å². The zero-order chi connectivity index (χ0) is 17.0. The number of likely N-dealkylation sites (tertiary alicyclic amines) is 1. The van der Waals surface area contributed by atoms with Gasteiger partial charge in [0.25, 0.3) is 0 Å². The van der Waals surface area contributed by atoms with Gasteiger partial charge in [-0.05, 0) is 32.7 Å². The van der Waals surface area contributed by atoms with E-state index in [0.29, 0.717) is 6.54 Å². The van der Waals surface area contributed by atoms with Crippen molar-refractivity contribution in [3.05, 3.63) is 17.5 Å². The molecule has 0 bridgehead atoms. The Hall–Kier alpha value is -1.57. The zero-order valence-corrected chi connectivity index (χ0v) is 13.5. The van der Waals surface area contributed by atoms with Gasteiger partial charge < -0.3 is 5.32 Å². The lowest BCUT2D eigenvalue weighted by Gasteiger charge is -2.16. The Morgan fingerprint density at radius 1 is 1.48 bits per heavy atom. The predicted molar refractivity (Wildman–Crippen MR) is 79.7 cm³/mol. The van der Waals surface area contributed by atoms with Crippen molar-refractivity contribution in [3.63, 3.8) is 0 Å². The third-order valence-electron chi connectivity index (χ3n) is 4.22. The monoisotopic (exact) mass is 332 g/mol. The Labute approximate surface area is 133 Å². The number of carbonyl (C=O) groups excluding carboxylic acids is 1. The maximum absolute atomic E-state index is 12.1. The molecule has 5 nitrogen and oxygen atoms in total. The van der Waals surface area contributed by atoms with Gasteiger partial charge in [-0.25, -0.2) is 0 Å². The number of nitrogens with one attached hydrogen (secondary N) is 1. The smallest absolute Gasteiger partial charge is 0.355 e. The third-order valence-corrected chi connectivity index (χ3v) is 4.22. The summed E-state index contributed by atoms with van der Waals surface area (Å²) in [5.41, 5.74) is 2.32. The first-order valence-corrected chi connectivity index (χ1v) is 7.85. The first kappa shape index (κ1) is 17.8. The Morgan fingerprint density at radius 3 is 2.83 bits per heavy atom. The van der Waals surface area contributed by atoms with E-state index in [9.17, 15) is 18.0 Å². The zero-order valence-electron chi connectivity index (χ0n) is 13.5. The number of nitrogens with zero attached hydrogens (tertiary/aromatic N) is 3. The average Bonchev–Trinajstić information content (AvgIpc) is 3.03. The molecule has 0 radical (unpaired) electrons. The fourth-order valence-electron chi connectivity index (χ4n) is 2.93. The number of rotatable bonds is 6. The fourth-order valence-corrected chi connectivity index (χ4v) is 2.93. The van der Waals surface area contributed by atoms with Crippen LogP contribution in [-0.4, -0.2) is 46.4 Å². The van der Waals surface area contributed by atoms with Crippen LogP contribution in [0.5, 0.6) is 0 Å². The van der Waals surface area contributed by atoms with E-state index in [1.165, 1.54) is 5.56 Å². The van der Waals surface area contributed by atoms with Crippen LogP contribution in [0.25, 0.3) is 0 Å². The standard InChI is InChI=1S/C15H23F3N4O/c1-3-22-11(2)13(8-20-22)10-21-5-4-12(9-21)7-19-14(23)6-15(16,17)18/h8,12H,3-7,9-10H2,1-2H3,(H,19,23). The van der Waals surface area contributed by atoms with Crippen LogP contribution in [0.4, 0.5) is 13.2 Å². The second-order valence-electron chi connectivity index (χ2n) is 6.06. The van der Waals surface area contributed by atoms with Crippen LogP contribution < -0.4 is 5.32 Å². The molecule has 0 spiro atoms. The molecule has 1 fully saturated rings.